The first-order valence-electron chi connectivity index (χ1n) is 6.96. The van der Waals surface area contributed by atoms with Gasteiger partial charge in [0.1, 0.15) is 0 Å². The van der Waals surface area contributed by atoms with Gasteiger partial charge in [-0.15, -0.1) is 24.0 Å². The topological polar surface area (TPSA) is 75.3 Å². The van der Waals surface area contributed by atoms with E-state index >= 15 is 0 Å². The number of halogens is 1. The number of nitrogens with one attached hydrogen (secondary N) is 2. The minimum absolute atomic E-state index is 0. The van der Waals surface area contributed by atoms with Gasteiger partial charge in [-0.1, -0.05) is 35.0 Å². The number of nitrogens with zero attached hydrogens (tertiary/aromatic N) is 3. The van der Waals surface area contributed by atoms with E-state index in [9.17, 15) is 0 Å². The standard InChI is InChI=1S/C15H21N5O.HI/c1-11-5-4-6-13(9-11)10-18-15(16-3)17-8-7-14-19-12(2)20-21-14;/h4-6,9H,7-8,10H2,1-3H3,(H2,16,17,18);1H. The Hall–Kier alpha value is -1.64. The van der Waals surface area contributed by atoms with Crippen LogP contribution in [0.3, 0.4) is 0 Å². The van der Waals surface area contributed by atoms with Gasteiger partial charge in [0, 0.05) is 26.6 Å². The molecule has 0 aliphatic carbocycles. The highest BCUT2D eigenvalue weighted by atomic mass is 127. The second kappa shape index (κ2) is 9.39. The molecule has 0 atom stereocenters. The quantitative estimate of drug-likeness (QED) is 0.445. The maximum atomic E-state index is 5.06. The third-order valence-electron chi connectivity index (χ3n) is 2.97. The zero-order valence-electron chi connectivity index (χ0n) is 13.1. The molecule has 0 bridgehead atoms. The molecule has 0 radical (unpaired) electrons. The lowest BCUT2D eigenvalue weighted by atomic mass is 10.1. The smallest absolute Gasteiger partial charge is 0.228 e. The molecule has 2 aromatic rings. The van der Waals surface area contributed by atoms with Crippen LogP contribution in [0.5, 0.6) is 0 Å². The van der Waals surface area contributed by atoms with Crippen molar-refractivity contribution in [1.29, 1.82) is 0 Å². The van der Waals surface area contributed by atoms with Gasteiger partial charge in [0.05, 0.1) is 0 Å². The highest BCUT2D eigenvalue weighted by Crippen LogP contribution is 2.03. The molecule has 2 rings (SSSR count). The van der Waals surface area contributed by atoms with Gasteiger partial charge < -0.3 is 15.2 Å². The van der Waals surface area contributed by atoms with Crippen LogP contribution >= 0.6 is 24.0 Å². The number of aromatic nitrogens is 2. The molecule has 0 saturated heterocycles. The van der Waals surface area contributed by atoms with Crippen molar-refractivity contribution >= 4 is 29.9 Å². The van der Waals surface area contributed by atoms with Crippen LogP contribution in [-0.2, 0) is 13.0 Å². The van der Waals surface area contributed by atoms with E-state index in [1.807, 2.05) is 6.92 Å². The molecular weight excluding hydrogens is 393 g/mol. The van der Waals surface area contributed by atoms with Gasteiger partial charge in [0.2, 0.25) is 5.89 Å². The fraction of sp³-hybridized carbons (Fsp3) is 0.400. The Kier molecular flexibility index (Phi) is 7.86. The van der Waals surface area contributed by atoms with Crippen molar-refractivity contribution in [3.8, 4) is 0 Å². The Morgan fingerprint density at radius 1 is 1.27 bits per heavy atom. The molecule has 1 heterocycles. The highest BCUT2D eigenvalue weighted by Gasteiger charge is 2.03. The van der Waals surface area contributed by atoms with Crippen molar-refractivity contribution in [2.24, 2.45) is 4.99 Å². The lowest BCUT2D eigenvalue weighted by Crippen LogP contribution is -2.37. The van der Waals surface area contributed by atoms with E-state index in [-0.39, 0.29) is 24.0 Å². The maximum Gasteiger partial charge on any atom is 0.228 e. The zero-order valence-corrected chi connectivity index (χ0v) is 15.4. The first kappa shape index (κ1) is 18.4. The van der Waals surface area contributed by atoms with Gasteiger partial charge in [-0.25, -0.2) is 0 Å². The second-order valence-electron chi connectivity index (χ2n) is 4.83. The average Bonchev–Trinajstić information content (AvgIpc) is 2.88. The van der Waals surface area contributed by atoms with E-state index in [1.165, 1.54) is 11.1 Å². The summed E-state index contributed by atoms with van der Waals surface area (Å²) in [4.78, 5) is 8.35. The largest absolute Gasteiger partial charge is 0.356 e. The van der Waals surface area contributed by atoms with Crippen LogP contribution in [0.1, 0.15) is 22.8 Å². The van der Waals surface area contributed by atoms with Crippen molar-refractivity contribution in [2.75, 3.05) is 13.6 Å². The summed E-state index contributed by atoms with van der Waals surface area (Å²) in [6, 6.07) is 8.39. The van der Waals surface area contributed by atoms with Crippen LogP contribution in [0.15, 0.2) is 33.8 Å². The molecule has 0 unspecified atom stereocenters. The number of benzene rings is 1. The van der Waals surface area contributed by atoms with Crippen molar-refractivity contribution in [1.82, 2.24) is 20.8 Å². The number of hydrogen-bond donors (Lipinski definition) is 2. The van der Waals surface area contributed by atoms with Crippen LogP contribution in [0.2, 0.25) is 0 Å². The molecule has 0 aliphatic heterocycles. The molecule has 22 heavy (non-hydrogen) atoms. The van der Waals surface area contributed by atoms with Gasteiger partial charge in [-0.3, -0.25) is 4.99 Å². The van der Waals surface area contributed by atoms with E-state index in [2.05, 4.69) is 57.0 Å². The van der Waals surface area contributed by atoms with Gasteiger partial charge in [-0.05, 0) is 19.4 Å². The fourth-order valence-electron chi connectivity index (χ4n) is 1.96. The third kappa shape index (κ3) is 6.00. The lowest BCUT2D eigenvalue weighted by Gasteiger charge is -2.11. The van der Waals surface area contributed by atoms with Gasteiger partial charge >= 0.3 is 0 Å². The molecule has 6 nitrogen and oxygen atoms in total. The van der Waals surface area contributed by atoms with Crippen LogP contribution in [0.4, 0.5) is 0 Å². The molecule has 0 aliphatic rings. The SMILES string of the molecule is CN=C(NCCc1nc(C)no1)NCc1cccc(C)c1.I. The Morgan fingerprint density at radius 2 is 2.09 bits per heavy atom. The van der Waals surface area contributed by atoms with Crippen molar-refractivity contribution in [3.63, 3.8) is 0 Å². The summed E-state index contributed by atoms with van der Waals surface area (Å²) in [6.07, 6.45) is 0.673. The summed E-state index contributed by atoms with van der Waals surface area (Å²) in [5.41, 5.74) is 2.48. The Bertz CT molecular complexity index is 611. The molecule has 1 aromatic carbocycles. The molecule has 0 spiro atoms. The van der Waals surface area contributed by atoms with Crippen molar-refractivity contribution < 1.29 is 4.52 Å². The van der Waals surface area contributed by atoms with Crippen LogP contribution < -0.4 is 10.6 Å². The summed E-state index contributed by atoms with van der Waals surface area (Å²) in [5.74, 6) is 2.05. The van der Waals surface area contributed by atoms with Gasteiger partial charge in [-0.2, -0.15) is 4.98 Å². The molecule has 2 N–H and O–H groups in total. The first-order valence-corrected chi connectivity index (χ1v) is 6.96. The Morgan fingerprint density at radius 3 is 2.73 bits per heavy atom. The molecule has 0 saturated carbocycles. The first-order chi connectivity index (χ1) is 10.2. The maximum absolute atomic E-state index is 5.06. The number of rotatable bonds is 5. The second-order valence-corrected chi connectivity index (χ2v) is 4.83. The number of aryl methyl sites for hydroxylation is 2. The molecule has 1 aromatic heterocycles. The summed E-state index contributed by atoms with van der Waals surface area (Å²) in [7, 11) is 1.75. The Balaban J connectivity index is 0.00000242. The van der Waals surface area contributed by atoms with E-state index in [0.717, 1.165) is 12.5 Å². The normalized spacial score (nSPS) is 11.0. The van der Waals surface area contributed by atoms with Crippen molar-refractivity contribution in [2.45, 2.75) is 26.8 Å². The van der Waals surface area contributed by atoms with Crippen LogP contribution in [0, 0.1) is 13.8 Å². The Labute approximate surface area is 147 Å². The van der Waals surface area contributed by atoms with Crippen LogP contribution in [-0.4, -0.2) is 29.7 Å². The third-order valence-corrected chi connectivity index (χ3v) is 2.97. The van der Waals surface area contributed by atoms with Crippen molar-refractivity contribution in [3.05, 3.63) is 47.1 Å². The molecule has 0 fully saturated rings. The number of guanidine groups is 1. The predicted molar refractivity (Wildman–Crippen MR) is 97.5 cm³/mol. The zero-order chi connectivity index (χ0) is 15.1. The van der Waals surface area contributed by atoms with Gasteiger partial charge in [0.15, 0.2) is 11.8 Å². The van der Waals surface area contributed by atoms with Crippen LogP contribution in [0.25, 0.3) is 0 Å². The fourth-order valence-corrected chi connectivity index (χ4v) is 1.96. The summed E-state index contributed by atoms with van der Waals surface area (Å²) < 4.78 is 5.06. The predicted octanol–water partition coefficient (Wildman–Crippen LogP) is 2.21. The monoisotopic (exact) mass is 415 g/mol. The molecular formula is C15H22IN5O. The molecule has 0 amide bonds. The number of aliphatic imine (C=N–C) groups is 1. The van der Waals surface area contributed by atoms with Gasteiger partial charge in [0.25, 0.3) is 0 Å². The highest BCUT2D eigenvalue weighted by molar-refractivity contribution is 14.0. The average molecular weight is 415 g/mol. The van der Waals surface area contributed by atoms with E-state index < -0.39 is 0 Å². The molecule has 7 heteroatoms. The minimum Gasteiger partial charge on any atom is -0.356 e. The number of hydrogen-bond acceptors (Lipinski definition) is 4. The molecule has 120 valence electrons. The van der Waals surface area contributed by atoms with E-state index in [4.69, 9.17) is 4.52 Å². The minimum atomic E-state index is 0. The van der Waals surface area contributed by atoms with E-state index in [0.29, 0.717) is 24.7 Å². The summed E-state index contributed by atoms with van der Waals surface area (Å²) in [5, 5.41) is 10.3. The lowest BCUT2D eigenvalue weighted by molar-refractivity contribution is 0.374. The summed E-state index contributed by atoms with van der Waals surface area (Å²) in [6.45, 7) is 5.32. The van der Waals surface area contributed by atoms with E-state index in [1.54, 1.807) is 7.05 Å². The summed E-state index contributed by atoms with van der Waals surface area (Å²) >= 11 is 0.